The summed E-state index contributed by atoms with van der Waals surface area (Å²) in [7, 11) is 1.65. The third-order valence-corrected chi connectivity index (χ3v) is 7.90. The molecular formula is C33H45FN2O6. The maximum absolute atomic E-state index is 13.9. The van der Waals surface area contributed by atoms with Crippen LogP contribution in [0.25, 0.3) is 0 Å². The van der Waals surface area contributed by atoms with E-state index in [4.69, 9.17) is 18.9 Å². The molecule has 1 aliphatic heterocycles. The number of carbonyl (C=O) groups excluding carboxylic acids is 2. The van der Waals surface area contributed by atoms with E-state index in [0.29, 0.717) is 51.3 Å². The van der Waals surface area contributed by atoms with Crippen LogP contribution in [0.2, 0.25) is 0 Å². The predicted octanol–water partition coefficient (Wildman–Crippen LogP) is 5.88. The highest BCUT2D eigenvalue weighted by Crippen LogP contribution is 2.32. The monoisotopic (exact) mass is 584 g/mol. The summed E-state index contributed by atoms with van der Waals surface area (Å²) in [6.07, 6.45) is 2.28. The summed E-state index contributed by atoms with van der Waals surface area (Å²) in [5, 5.41) is 0. The van der Waals surface area contributed by atoms with Gasteiger partial charge >= 0.3 is 6.09 Å². The molecule has 1 heterocycles. The standard InChI is InChI=1S/C33H45FN2O6/c1-23-18-24(10-15-30(23)39-5)19-36(32(38)42-33(2,3)4)27-13-11-25(12-14-27)31(37)35-16-17-41-28(20-35)22-40-21-26-8-6-7-9-29(26)34/h6-10,15,18,25,27-28H,11-14,16-17,19-22H2,1-5H3/t25?,27?,28-/m0/s1. The van der Waals surface area contributed by atoms with Crippen LogP contribution in [-0.2, 0) is 32.2 Å². The van der Waals surface area contributed by atoms with Crippen molar-refractivity contribution in [2.45, 2.75) is 84.3 Å². The number of benzene rings is 2. The van der Waals surface area contributed by atoms with Crippen molar-refractivity contribution in [1.29, 1.82) is 0 Å². The van der Waals surface area contributed by atoms with Gasteiger partial charge < -0.3 is 28.7 Å². The minimum atomic E-state index is -0.607. The lowest BCUT2D eigenvalue weighted by molar-refractivity contribution is -0.147. The zero-order valence-corrected chi connectivity index (χ0v) is 25.6. The summed E-state index contributed by atoms with van der Waals surface area (Å²) in [6, 6.07) is 12.5. The molecule has 2 fully saturated rings. The van der Waals surface area contributed by atoms with Crippen LogP contribution in [0.15, 0.2) is 42.5 Å². The van der Waals surface area contributed by atoms with E-state index >= 15 is 0 Å². The Hall–Kier alpha value is -3.17. The van der Waals surface area contributed by atoms with Gasteiger partial charge in [0.05, 0.1) is 33.0 Å². The van der Waals surface area contributed by atoms with Crippen molar-refractivity contribution >= 4 is 12.0 Å². The fraction of sp³-hybridized carbons (Fsp3) is 0.576. The number of morpholine rings is 1. The fourth-order valence-electron chi connectivity index (χ4n) is 5.73. The van der Waals surface area contributed by atoms with Crippen LogP contribution in [-0.4, -0.2) is 73.0 Å². The Labute approximate surface area is 249 Å². The number of ether oxygens (including phenoxy) is 4. The summed E-state index contributed by atoms with van der Waals surface area (Å²) in [5.74, 6) is 0.552. The van der Waals surface area contributed by atoms with Crippen molar-refractivity contribution in [2.75, 3.05) is 33.4 Å². The van der Waals surface area contributed by atoms with Crippen molar-refractivity contribution in [3.05, 3.63) is 65.0 Å². The van der Waals surface area contributed by atoms with Crippen LogP contribution in [0.1, 0.15) is 63.1 Å². The van der Waals surface area contributed by atoms with Gasteiger partial charge in [0.1, 0.15) is 17.2 Å². The highest BCUT2D eigenvalue weighted by Gasteiger charge is 2.36. The molecule has 2 aromatic carbocycles. The number of halogens is 1. The molecule has 1 aliphatic carbocycles. The van der Waals surface area contributed by atoms with Gasteiger partial charge in [0.15, 0.2) is 0 Å². The molecule has 0 bridgehead atoms. The van der Waals surface area contributed by atoms with Gasteiger partial charge in [-0.05, 0) is 76.6 Å². The Balaban J connectivity index is 1.32. The molecule has 0 spiro atoms. The third-order valence-electron chi connectivity index (χ3n) is 7.90. The normalized spacial score (nSPS) is 21.1. The second-order valence-corrected chi connectivity index (χ2v) is 12.3. The Kier molecular flexibility index (Phi) is 10.8. The number of hydrogen-bond acceptors (Lipinski definition) is 6. The number of methoxy groups -OCH3 is 1. The summed E-state index contributed by atoms with van der Waals surface area (Å²) in [6.45, 7) is 9.94. The molecule has 42 heavy (non-hydrogen) atoms. The molecule has 0 unspecified atom stereocenters. The SMILES string of the molecule is COc1ccc(CN(C(=O)OC(C)(C)C)C2CCC(C(=O)N3CCO[C@H](COCc4ccccc4F)C3)CC2)cc1C. The molecule has 1 saturated carbocycles. The van der Waals surface area contributed by atoms with Gasteiger partial charge in [-0.2, -0.15) is 0 Å². The minimum Gasteiger partial charge on any atom is -0.496 e. The molecule has 0 N–H and O–H groups in total. The maximum atomic E-state index is 13.9. The number of nitrogens with zero attached hydrogens (tertiary/aromatic N) is 2. The number of aryl methyl sites for hydroxylation is 1. The van der Waals surface area contributed by atoms with E-state index in [-0.39, 0.29) is 42.5 Å². The molecule has 4 rings (SSSR count). The first-order valence-corrected chi connectivity index (χ1v) is 14.9. The number of carbonyl (C=O) groups is 2. The summed E-state index contributed by atoms with van der Waals surface area (Å²) in [5.41, 5.74) is 1.91. The average Bonchev–Trinajstić information content (AvgIpc) is 2.96. The van der Waals surface area contributed by atoms with E-state index in [1.54, 1.807) is 25.3 Å². The van der Waals surface area contributed by atoms with Crippen molar-refractivity contribution in [2.24, 2.45) is 5.92 Å². The zero-order valence-electron chi connectivity index (χ0n) is 25.6. The lowest BCUT2D eigenvalue weighted by atomic mass is 9.84. The summed E-state index contributed by atoms with van der Waals surface area (Å²) < 4.78 is 36.6. The highest BCUT2D eigenvalue weighted by molar-refractivity contribution is 5.79. The van der Waals surface area contributed by atoms with Crippen molar-refractivity contribution in [1.82, 2.24) is 9.80 Å². The molecule has 2 aromatic rings. The van der Waals surface area contributed by atoms with Crippen molar-refractivity contribution in [3.63, 3.8) is 0 Å². The van der Waals surface area contributed by atoms with Crippen LogP contribution < -0.4 is 4.74 Å². The summed E-state index contributed by atoms with van der Waals surface area (Å²) in [4.78, 5) is 30.5. The lowest BCUT2D eigenvalue weighted by Crippen LogP contribution is -2.50. The quantitative estimate of drug-likeness (QED) is 0.366. The van der Waals surface area contributed by atoms with E-state index in [2.05, 4.69) is 0 Å². The second kappa shape index (κ2) is 14.3. The van der Waals surface area contributed by atoms with E-state index in [0.717, 1.165) is 29.7 Å². The van der Waals surface area contributed by atoms with Gasteiger partial charge in [-0.25, -0.2) is 9.18 Å². The molecule has 230 valence electrons. The van der Waals surface area contributed by atoms with Crippen molar-refractivity contribution < 1.29 is 32.9 Å². The molecule has 0 aromatic heterocycles. The molecule has 0 radical (unpaired) electrons. The van der Waals surface area contributed by atoms with E-state index in [1.165, 1.54) is 6.07 Å². The largest absolute Gasteiger partial charge is 0.496 e. The first kappa shape index (κ1) is 31.8. The van der Waals surface area contributed by atoms with Crippen LogP contribution >= 0.6 is 0 Å². The molecule has 9 heteroatoms. The maximum Gasteiger partial charge on any atom is 0.410 e. The predicted molar refractivity (Wildman–Crippen MR) is 158 cm³/mol. The second-order valence-electron chi connectivity index (χ2n) is 12.3. The highest BCUT2D eigenvalue weighted by atomic mass is 19.1. The molecule has 2 amide bonds. The van der Waals surface area contributed by atoms with Crippen LogP contribution in [0.4, 0.5) is 9.18 Å². The molecule has 1 atom stereocenters. The lowest BCUT2D eigenvalue weighted by Gasteiger charge is -2.40. The van der Waals surface area contributed by atoms with Crippen LogP contribution in [0.5, 0.6) is 5.75 Å². The molecule has 8 nitrogen and oxygen atoms in total. The smallest absolute Gasteiger partial charge is 0.410 e. The molecular weight excluding hydrogens is 539 g/mol. The van der Waals surface area contributed by atoms with Crippen LogP contribution in [0.3, 0.4) is 0 Å². The first-order valence-electron chi connectivity index (χ1n) is 14.9. The zero-order chi connectivity index (χ0) is 30.3. The Morgan fingerprint density at radius 1 is 1.10 bits per heavy atom. The molecule has 1 saturated heterocycles. The molecule has 2 aliphatic rings. The first-order chi connectivity index (χ1) is 20.0. The van der Waals surface area contributed by atoms with Gasteiger partial charge in [-0.15, -0.1) is 0 Å². The van der Waals surface area contributed by atoms with Gasteiger partial charge in [-0.3, -0.25) is 4.79 Å². The summed E-state index contributed by atoms with van der Waals surface area (Å²) >= 11 is 0. The third kappa shape index (κ3) is 8.67. The van der Waals surface area contributed by atoms with Gasteiger partial charge in [-0.1, -0.05) is 30.3 Å². The Morgan fingerprint density at radius 2 is 1.83 bits per heavy atom. The number of rotatable bonds is 9. The van der Waals surface area contributed by atoms with Gasteiger partial charge in [0, 0.05) is 37.2 Å². The van der Waals surface area contributed by atoms with Crippen LogP contribution in [0, 0.1) is 18.7 Å². The van der Waals surface area contributed by atoms with Gasteiger partial charge in [0.2, 0.25) is 5.91 Å². The van der Waals surface area contributed by atoms with E-state index in [1.807, 2.05) is 55.7 Å². The minimum absolute atomic E-state index is 0.0180. The fourth-order valence-corrected chi connectivity index (χ4v) is 5.73. The van der Waals surface area contributed by atoms with Gasteiger partial charge in [0.25, 0.3) is 0 Å². The van der Waals surface area contributed by atoms with E-state index in [9.17, 15) is 14.0 Å². The Bertz CT molecular complexity index is 1210. The van der Waals surface area contributed by atoms with Crippen molar-refractivity contribution in [3.8, 4) is 5.75 Å². The average molecular weight is 585 g/mol. The van der Waals surface area contributed by atoms with E-state index < -0.39 is 5.60 Å². The number of amides is 2. The Morgan fingerprint density at radius 3 is 2.50 bits per heavy atom. The topological polar surface area (TPSA) is 77.5 Å². The number of hydrogen-bond donors (Lipinski definition) is 0.